The van der Waals surface area contributed by atoms with Crippen LogP contribution in [0.15, 0.2) is 17.5 Å². The van der Waals surface area contributed by atoms with E-state index in [1.54, 1.807) is 17.2 Å². The standard InChI is InChI=1S/C19H32N8/c1-20-19(22-10-6-5-9-15-7-3-4-8-15)23-12-11-21-17-16-13-26-27(2)18(16)25-14-24-17/h13-15H,3-12H2,1-2H3,(H2,20,22,23)(H,21,24,25). The van der Waals surface area contributed by atoms with E-state index in [0.717, 1.165) is 48.4 Å². The van der Waals surface area contributed by atoms with E-state index in [0.29, 0.717) is 0 Å². The number of nitrogens with zero attached hydrogens (tertiary/aromatic N) is 5. The molecule has 0 aromatic carbocycles. The van der Waals surface area contributed by atoms with E-state index in [2.05, 4.69) is 36.0 Å². The van der Waals surface area contributed by atoms with Gasteiger partial charge in [0, 0.05) is 33.7 Å². The van der Waals surface area contributed by atoms with Crippen molar-refractivity contribution in [3.63, 3.8) is 0 Å². The summed E-state index contributed by atoms with van der Waals surface area (Å²) < 4.78 is 1.75. The number of aromatic nitrogens is 4. The highest BCUT2D eigenvalue weighted by Gasteiger charge is 2.13. The molecule has 8 nitrogen and oxygen atoms in total. The molecule has 8 heteroatoms. The number of unbranched alkanes of at least 4 members (excludes halogenated alkanes) is 1. The number of hydrogen-bond acceptors (Lipinski definition) is 5. The zero-order chi connectivity index (χ0) is 18.9. The van der Waals surface area contributed by atoms with Gasteiger partial charge in [-0.1, -0.05) is 38.5 Å². The van der Waals surface area contributed by atoms with Crippen LogP contribution in [0.25, 0.3) is 11.0 Å². The van der Waals surface area contributed by atoms with Gasteiger partial charge in [0.1, 0.15) is 12.1 Å². The number of guanidine groups is 1. The van der Waals surface area contributed by atoms with Crippen molar-refractivity contribution in [1.82, 2.24) is 30.4 Å². The lowest BCUT2D eigenvalue weighted by molar-refractivity contribution is 0.472. The van der Waals surface area contributed by atoms with E-state index in [1.165, 1.54) is 44.9 Å². The van der Waals surface area contributed by atoms with E-state index in [4.69, 9.17) is 0 Å². The number of anilines is 1. The van der Waals surface area contributed by atoms with Crippen molar-refractivity contribution in [1.29, 1.82) is 0 Å². The van der Waals surface area contributed by atoms with Crippen LogP contribution in [0.1, 0.15) is 44.9 Å². The minimum atomic E-state index is 0.739. The Kier molecular flexibility index (Phi) is 7.24. The molecule has 0 saturated heterocycles. The molecule has 0 amide bonds. The molecule has 148 valence electrons. The highest BCUT2D eigenvalue weighted by atomic mass is 15.3. The first kappa shape index (κ1) is 19.4. The van der Waals surface area contributed by atoms with Gasteiger partial charge < -0.3 is 16.0 Å². The molecule has 0 bridgehead atoms. The van der Waals surface area contributed by atoms with E-state index >= 15 is 0 Å². The summed E-state index contributed by atoms with van der Waals surface area (Å²) in [6, 6.07) is 0. The molecule has 1 saturated carbocycles. The summed E-state index contributed by atoms with van der Waals surface area (Å²) in [4.78, 5) is 12.8. The predicted molar refractivity (Wildman–Crippen MR) is 110 cm³/mol. The Morgan fingerprint density at radius 3 is 2.78 bits per heavy atom. The molecule has 2 aromatic rings. The second kappa shape index (κ2) is 10.1. The fourth-order valence-corrected chi connectivity index (χ4v) is 3.75. The Bertz CT molecular complexity index is 732. The molecule has 0 radical (unpaired) electrons. The smallest absolute Gasteiger partial charge is 0.191 e. The molecule has 1 fully saturated rings. The summed E-state index contributed by atoms with van der Waals surface area (Å²) in [5.74, 6) is 2.65. The summed E-state index contributed by atoms with van der Waals surface area (Å²) in [7, 11) is 3.69. The fraction of sp³-hybridized carbons (Fsp3) is 0.684. The third-order valence-corrected chi connectivity index (χ3v) is 5.27. The van der Waals surface area contributed by atoms with Gasteiger partial charge in [-0.2, -0.15) is 5.10 Å². The Balaban J connectivity index is 1.31. The van der Waals surface area contributed by atoms with Gasteiger partial charge in [0.15, 0.2) is 11.6 Å². The molecule has 0 unspecified atom stereocenters. The third-order valence-electron chi connectivity index (χ3n) is 5.27. The van der Waals surface area contributed by atoms with Crippen molar-refractivity contribution in [2.24, 2.45) is 18.0 Å². The zero-order valence-electron chi connectivity index (χ0n) is 16.5. The maximum absolute atomic E-state index is 4.31. The molecular weight excluding hydrogens is 340 g/mol. The lowest BCUT2D eigenvalue weighted by Crippen LogP contribution is -2.40. The summed E-state index contributed by atoms with van der Waals surface area (Å²) in [5, 5.41) is 15.2. The maximum atomic E-state index is 4.31. The molecule has 3 N–H and O–H groups in total. The zero-order valence-corrected chi connectivity index (χ0v) is 16.5. The minimum Gasteiger partial charge on any atom is -0.368 e. The van der Waals surface area contributed by atoms with Crippen LogP contribution in [0.3, 0.4) is 0 Å². The third kappa shape index (κ3) is 5.55. The van der Waals surface area contributed by atoms with Gasteiger partial charge in [-0.15, -0.1) is 0 Å². The average Bonchev–Trinajstić information content (AvgIpc) is 3.34. The van der Waals surface area contributed by atoms with Crippen molar-refractivity contribution < 1.29 is 0 Å². The van der Waals surface area contributed by atoms with Gasteiger partial charge in [-0.25, -0.2) is 9.97 Å². The molecular formula is C19H32N8. The predicted octanol–water partition coefficient (Wildman–Crippen LogP) is 2.30. The van der Waals surface area contributed by atoms with Gasteiger partial charge in [0.05, 0.1) is 11.6 Å². The minimum absolute atomic E-state index is 0.739. The topological polar surface area (TPSA) is 92.1 Å². The van der Waals surface area contributed by atoms with Crippen molar-refractivity contribution in [2.45, 2.75) is 44.9 Å². The van der Waals surface area contributed by atoms with Crippen LogP contribution in [-0.4, -0.2) is 52.4 Å². The van der Waals surface area contributed by atoms with Crippen LogP contribution in [0.4, 0.5) is 5.82 Å². The van der Waals surface area contributed by atoms with E-state index in [-0.39, 0.29) is 0 Å². The molecule has 2 aromatic heterocycles. The summed E-state index contributed by atoms with van der Waals surface area (Å²) in [6.07, 6.45) is 13.0. The second-order valence-corrected chi connectivity index (χ2v) is 7.23. The van der Waals surface area contributed by atoms with Gasteiger partial charge in [0.25, 0.3) is 0 Å². The van der Waals surface area contributed by atoms with Gasteiger partial charge in [-0.05, 0) is 12.3 Å². The number of nitrogens with one attached hydrogen (secondary N) is 3. The Morgan fingerprint density at radius 2 is 1.96 bits per heavy atom. The first-order valence-electron chi connectivity index (χ1n) is 10.1. The molecule has 2 heterocycles. The SMILES string of the molecule is CN=C(NCCCCC1CCCC1)NCCNc1ncnc2c1cnn2C. The second-order valence-electron chi connectivity index (χ2n) is 7.23. The maximum Gasteiger partial charge on any atom is 0.191 e. The van der Waals surface area contributed by atoms with Crippen LogP contribution in [0, 0.1) is 5.92 Å². The van der Waals surface area contributed by atoms with Crippen LogP contribution < -0.4 is 16.0 Å². The quantitative estimate of drug-likeness (QED) is 0.355. The van der Waals surface area contributed by atoms with E-state index < -0.39 is 0 Å². The molecule has 1 aliphatic rings. The number of aliphatic imine (C=N–C) groups is 1. The van der Waals surface area contributed by atoms with E-state index in [9.17, 15) is 0 Å². The van der Waals surface area contributed by atoms with Gasteiger partial charge >= 0.3 is 0 Å². The van der Waals surface area contributed by atoms with Gasteiger partial charge in [0.2, 0.25) is 0 Å². The van der Waals surface area contributed by atoms with Crippen LogP contribution in [0.2, 0.25) is 0 Å². The Hall–Kier alpha value is -2.38. The molecule has 27 heavy (non-hydrogen) atoms. The monoisotopic (exact) mass is 372 g/mol. The van der Waals surface area contributed by atoms with E-state index in [1.807, 2.05) is 14.1 Å². The summed E-state index contributed by atoms with van der Waals surface area (Å²) in [6.45, 7) is 2.47. The number of hydrogen-bond donors (Lipinski definition) is 3. The molecule has 0 atom stereocenters. The number of aryl methyl sites for hydroxylation is 1. The largest absolute Gasteiger partial charge is 0.368 e. The van der Waals surface area contributed by atoms with Crippen molar-refractivity contribution >= 4 is 22.8 Å². The summed E-state index contributed by atoms with van der Waals surface area (Å²) in [5.41, 5.74) is 0.829. The molecule has 3 rings (SSSR count). The molecule has 0 aliphatic heterocycles. The lowest BCUT2D eigenvalue weighted by atomic mass is 10.0. The number of fused-ring (bicyclic) bond motifs is 1. The summed E-state index contributed by atoms with van der Waals surface area (Å²) >= 11 is 0. The average molecular weight is 373 g/mol. The van der Waals surface area contributed by atoms with Crippen LogP contribution >= 0.6 is 0 Å². The highest BCUT2D eigenvalue weighted by molar-refractivity contribution is 5.86. The molecule has 1 aliphatic carbocycles. The normalized spacial score (nSPS) is 15.4. The number of rotatable bonds is 9. The van der Waals surface area contributed by atoms with Crippen LogP contribution in [-0.2, 0) is 7.05 Å². The fourth-order valence-electron chi connectivity index (χ4n) is 3.75. The van der Waals surface area contributed by atoms with Crippen molar-refractivity contribution in [2.75, 3.05) is 32.0 Å². The molecule has 0 spiro atoms. The Labute approximate surface area is 161 Å². The highest BCUT2D eigenvalue weighted by Crippen LogP contribution is 2.28. The first-order valence-corrected chi connectivity index (χ1v) is 10.1. The lowest BCUT2D eigenvalue weighted by Gasteiger charge is -2.13. The van der Waals surface area contributed by atoms with Crippen LogP contribution in [0.5, 0.6) is 0 Å². The van der Waals surface area contributed by atoms with Crippen molar-refractivity contribution in [3.8, 4) is 0 Å². The van der Waals surface area contributed by atoms with Gasteiger partial charge in [-0.3, -0.25) is 9.67 Å². The van der Waals surface area contributed by atoms with Crippen molar-refractivity contribution in [3.05, 3.63) is 12.5 Å². The Morgan fingerprint density at radius 1 is 1.15 bits per heavy atom. The first-order chi connectivity index (χ1) is 13.3.